The minimum Gasteiger partial charge on any atom is -0.390 e. The van der Waals surface area contributed by atoms with Gasteiger partial charge in [0.1, 0.15) is 0 Å². The molecule has 0 aliphatic carbocycles. The SMILES string of the molecule is CCN1CCC(Cn2cncc2CO)CC1. The Hall–Kier alpha value is -0.870. The first-order valence-electron chi connectivity index (χ1n) is 6.15. The molecule has 4 heteroatoms. The summed E-state index contributed by atoms with van der Waals surface area (Å²) in [7, 11) is 0. The van der Waals surface area contributed by atoms with E-state index in [0.717, 1.165) is 18.2 Å². The summed E-state index contributed by atoms with van der Waals surface area (Å²) in [6.45, 7) is 6.91. The molecule has 0 spiro atoms. The molecule has 0 saturated carbocycles. The zero-order valence-electron chi connectivity index (χ0n) is 9.97. The number of imidazole rings is 1. The fraction of sp³-hybridized carbons (Fsp3) is 0.750. The number of hydrogen-bond acceptors (Lipinski definition) is 3. The maximum Gasteiger partial charge on any atom is 0.0948 e. The van der Waals surface area contributed by atoms with Gasteiger partial charge in [-0.2, -0.15) is 0 Å². The van der Waals surface area contributed by atoms with Crippen molar-refractivity contribution >= 4 is 0 Å². The fourth-order valence-electron chi connectivity index (χ4n) is 2.41. The van der Waals surface area contributed by atoms with Crippen LogP contribution in [0.1, 0.15) is 25.5 Å². The Kier molecular flexibility index (Phi) is 3.96. The van der Waals surface area contributed by atoms with Gasteiger partial charge in [0.25, 0.3) is 0 Å². The second kappa shape index (κ2) is 5.46. The Morgan fingerprint density at radius 1 is 1.44 bits per heavy atom. The van der Waals surface area contributed by atoms with E-state index in [-0.39, 0.29) is 6.61 Å². The van der Waals surface area contributed by atoms with Crippen LogP contribution in [-0.4, -0.2) is 39.2 Å². The van der Waals surface area contributed by atoms with Crippen molar-refractivity contribution in [1.82, 2.24) is 14.5 Å². The Morgan fingerprint density at radius 3 is 2.81 bits per heavy atom. The van der Waals surface area contributed by atoms with E-state index in [4.69, 9.17) is 5.11 Å². The van der Waals surface area contributed by atoms with Crippen molar-refractivity contribution in [3.8, 4) is 0 Å². The highest BCUT2D eigenvalue weighted by Crippen LogP contribution is 2.19. The molecule has 16 heavy (non-hydrogen) atoms. The minimum absolute atomic E-state index is 0.0911. The van der Waals surface area contributed by atoms with Crippen LogP contribution in [0.15, 0.2) is 12.5 Å². The third-order valence-corrected chi connectivity index (χ3v) is 3.57. The number of piperidine rings is 1. The Balaban J connectivity index is 1.87. The number of aliphatic hydroxyl groups excluding tert-OH is 1. The first-order chi connectivity index (χ1) is 7.83. The van der Waals surface area contributed by atoms with Crippen molar-refractivity contribution in [2.45, 2.75) is 32.9 Å². The lowest BCUT2D eigenvalue weighted by atomic mass is 9.97. The fourth-order valence-corrected chi connectivity index (χ4v) is 2.41. The summed E-state index contributed by atoms with van der Waals surface area (Å²) in [5.41, 5.74) is 0.929. The van der Waals surface area contributed by atoms with Gasteiger partial charge >= 0.3 is 0 Å². The second-order valence-electron chi connectivity index (χ2n) is 4.57. The van der Waals surface area contributed by atoms with Gasteiger partial charge in [-0.1, -0.05) is 6.92 Å². The average molecular weight is 223 g/mol. The van der Waals surface area contributed by atoms with Crippen LogP contribution in [0.5, 0.6) is 0 Å². The lowest BCUT2D eigenvalue weighted by molar-refractivity contribution is 0.178. The van der Waals surface area contributed by atoms with E-state index in [1.54, 1.807) is 6.20 Å². The van der Waals surface area contributed by atoms with Crippen LogP contribution in [0, 0.1) is 5.92 Å². The maximum absolute atomic E-state index is 9.15. The number of likely N-dealkylation sites (tertiary alicyclic amines) is 1. The summed E-state index contributed by atoms with van der Waals surface area (Å²) in [6.07, 6.45) is 6.10. The molecule has 1 aliphatic rings. The minimum atomic E-state index is 0.0911. The molecule has 1 aromatic rings. The molecule has 0 bridgehead atoms. The first kappa shape index (κ1) is 11.6. The number of hydrogen-bond donors (Lipinski definition) is 1. The Morgan fingerprint density at radius 2 is 2.19 bits per heavy atom. The molecule has 4 nitrogen and oxygen atoms in total. The second-order valence-corrected chi connectivity index (χ2v) is 4.57. The predicted octanol–water partition coefficient (Wildman–Crippen LogP) is 1.11. The van der Waals surface area contributed by atoms with Gasteiger partial charge in [-0.3, -0.25) is 0 Å². The van der Waals surface area contributed by atoms with Gasteiger partial charge in [-0.05, 0) is 38.4 Å². The van der Waals surface area contributed by atoms with E-state index in [2.05, 4.69) is 21.4 Å². The molecule has 0 amide bonds. The molecule has 90 valence electrons. The monoisotopic (exact) mass is 223 g/mol. The van der Waals surface area contributed by atoms with Crippen molar-refractivity contribution in [3.05, 3.63) is 18.2 Å². The molecule has 2 rings (SSSR count). The van der Waals surface area contributed by atoms with Crippen LogP contribution in [0.2, 0.25) is 0 Å². The zero-order valence-corrected chi connectivity index (χ0v) is 9.97. The quantitative estimate of drug-likeness (QED) is 0.831. The van der Waals surface area contributed by atoms with Crippen LogP contribution in [0.25, 0.3) is 0 Å². The highest BCUT2D eigenvalue weighted by atomic mass is 16.3. The number of rotatable bonds is 4. The molecule has 2 heterocycles. The molecular weight excluding hydrogens is 202 g/mol. The zero-order chi connectivity index (χ0) is 11.4. The van der Waals surface area contributed by atoms with Gasteiger partial charge in [0.05, 0.1) is 24.8 Å². The van der Waals surface area contributed by atoms with Gasteiger partial charge in [0, 0.05) is 6.54 Å². The molecule has 0 aromatic carbocycles. The summed E-state index contributed by atoms with van der Waals surface area (Å²) in [4.78, 5) is 6.58. The summed E-state index contributed by atoms with van der Waals surface area (Å²) in [5, 5.41) is 9.15. The molecule has 1 fully saturated rings. The third-order valence-electron chi connectivity index (χ3n) is 3.57. The van der Waals surface area contributed by atoms with E-state index in [9.17, 15) is 0 Å². The van der Waals surface area contributed by atoms with E-state index < -0.39 is 0 Å². The summed E-state index contributed by atoms with van der Waals surface area (Å²) in [5.74, 6) is 0.738. The van der Waals surface area contributed by atoms with Gasteiger partial charge in [-0.25, -0.2) is 4.98 Å². The third kappa shape index (κ3) is 2.62. The van der Waals surface area contributed by atoms with Gasteiger partial charge in [-0.15, -0.1) is 0 Å². The topological polar surface area (TPSA) is 41.3 Å². The molecule has 1 aromatic heterocycles. The molecule has 0 atom stereocenters. The standard InChI is InChI=1S/C12H21N3O/c1-2-14-5-3-11(4-6-14)8-15-10-13-7-12(15)9-16/h7,10-11,16H,2-6,8-9H2,1H3. The summed E-state index contributed by atoms with van der Waals surface area (Å²) in [6, 6.07) is 0. The molecule has 0 radical (unpaired) electrons. The molecule has 0 unspecified atom stereocenters. The van der Waals surface area contributed by atoms with Gasteiger partial charge in [0.15, 0.2) is 0 Å². The van der Waals surface area contributed by atoms with E-state index in [1.165, 1.54) is 32.5 Å². The van der Waals surface area contributed by atoms with Gasteiger partial charge < -0.3 is 14.6 Å². The van der Waals surface area contributed by atoms with Crippen molar-refractivity contribution in [1.29, 1.82) is 0 Å². The van der Waals surface area contributed by atoms with E-state index in [0.29, 0.717) is 0 Å². The number of nitrogens with zero attached hydrogens (tertiary/aromatic N) is 3. The van der Waals surface area contributed by atoms with E-state index in [1.807, 2.05) is 6.33 Å². The normalized spacial score (nSPS) is 19.1. The summed E-state index contributed by atoms with van der Waals surface area (Å²) < 4.78 is 2.09. The Bertz CT molecular complexity index is 316. The predicted molar refractivity (Wildman–Crippen MR) is 63.0 cm³/mol. The molecular formula is C12H21N3O. The largest absolute Gasteiger partial charge is 0.390 e. The highest BCUT2D eigenvalue weighted by molar-refractivity contribution is 4.96. The average Bonchev–Trinajstić information content (AvgIpc) is 2.77. The van der Waals surface area contributed by atoms with Crippen LogP contribution >= 0.6 is 0 Å². The summed E-state index contributed by atoms with van der Waals surface area (Å²) >= 11 is 0. The van der Waals surface area contributed by atoms with Crippen molar-refractivity contribution in [3.63, 3.8) is 0 Å². The molecule has 1 aliphatic heterocycles. The van der Waals surface area contributed by atoms with Crippen LogP contribution < -0.4 is 0 Å². The van der Waals surface area contributed by atoms with Crippen molar-refractivity contribution < 1.29 is 5.11 Å². The maximum atomic E-state index is 9.15. The smallest absolute Gasteiger partial charge is 0.0948 e. The van der Waals surface area contributed by atoms with Gasteiger partial charge in [0.2, 0.25) is 0 Å². The van der Waals surface area contributed by atoms with Crippen molar-refractivity contribution in [2.75, 3.05) is 19.6 Å². The van der Waals surface area contributed by atoms with E-state index >= 15 is 0 Å². The Labute approximate surface area is 96.9 Å². The number of aliphatic hydroxyl groups is 1. The van der Waals surface area contributed by atoms with Crippen molar-refractivity contribution in [2.24, 2.45) is 5.92 Å². The first-order valence-corrected chi connectivity index (χ1v) is 6.15. The lowest BCUT2D eigenvalue weighted by Gasteiger charge is -2.31. The number of aromatic nitrogens is 2. The van der Waals surface area contributed by atoms with Crippen LogP contribution in [-0.2, 0) is 13.2 Å². The lowest BCUT2D eigenvalue weighted by Crippen LogP contribution is -2.34. The molecule has 1 N–H and O–H groups in total. The van der Waals surface area contributed by atoms with Crippen LogP contribution in [0.3, 0.4) is 0 Å². The highest BCUT2D eigenvalue weighted by Gasteiger charge is 2.18. The molecule has 1 saturated heterocycles. The van der Waals surface area contributed by atoms with Crippen LogP contribution in [0.4, 0.5) is 0 Å².